The lowest BCUT2D eigenvalue weighted by molar-refractivity contribution is -0.139. The Kier molecular flexibility index (Phi) is 11.5. The number of allylic oxidation sites excluding steroid dienone is 2. The lowest BCUT2D eigenvalue weighted by atomic mass is 10.0. The third-order valence-electron chi connectivity index (χ3n) is 7.18. The second kappa shape index (κ2) is 15.5. The summed E-state index contributed by atoms with van der Waals surface area (Å²) in [6.45, 7) is 7.88. The Bertz CT molecular complexity index is 1680. The highest BCUT2D eigenvalue weighted by Crippen LogP contribution is 2.29. The Hall–Kier alpha value is -5.06. The average molecular weight is 651 g/mol. The van der Waals surface area contributed by atoms with Gasteiger partial charge in [-0.2, -0.15) is 13.2 Å². The molecule has 0 unspecified atom stereocenters. The predicted molar refractivity (Wildman–Crippen MR) is 170 cm³/mol. The number of halogens is 3. The summed E-state index contributed by atoms with van der Waals surface area (Å²) in [4.78, 5) is 29.3. The number of ether oxygens (including phenoxy) is 2. The van der Waals surface area contributed by atoms with Crippen LogP contribution >= 0.6 is 0 Å². The van der Waals surface area contributed by atoms with Crippen molar-refractivity contribution in [2.24, 2.45) is 0 Å². The number of hydrogen-bond donors (Lipinski definition) is 2. The second-order valence-corrected chi connectivity index (χ2v) is 11.2. The molecular weight excluding hydrogens is 613 g/mol. The molecule has 0 saturated carbocycles. The van der Waals surface area contributed by atoms with E-state index in [-0.39, 0.29) is 18.1 Å². The Morgan fingerprint density at radius 2 is 1.62 bits per heavy atom. The maximum atomic E-state index is 12.8. The Morgan fingerprint density at radius 3 is 2.19 bits per heavy atom. The molecule has 0 saturated heterocycles. The van der Waals surface area contributed by atoms with E-state index in [4.69, 9.17) is 13.9 Å². The number of hydrogen-bond acceptors (Lipinski definition) is 7. The lowest BCUT2D eigenvalue weighted by Gasteiger charge is -2.18. The highest BCUT2D eigenvalue weighted by Gasteiger charge is 2.30. The zero-order chi connectivity index (χ0) is 34.1. The fraction of sp³-hybridized carbons (Fsp3) is 0.306. The highest BCUT2D eigenvalue weighted by molar-refractivity contribution is 6.04. The first kappa shape index (κ1) is 34.8. The number of benzene rings is 3. The summed E-state index contributed by atoms with van der Waals surface area (Å²) in [7, 11) is 0. The number of aromatic nitrogens is 1. The van der Waals surface area contributed by atoms with E-state index in [1.165, 1.54) is 6.08 Å². The van der Waals surface area contributed by atoms with E-state index in [2.05, 4.69) is 10.3 Å². The van der Waals surface area contributed by atoms with Gasteiger partial charge in [-0.25, -0.2) is 9.78 Å². The average Bonchev–Trinajstić information content (AvgIpc) is 3.40. The second-order valence-electron chi connectivity index (χ2n) is 11.2. The number of alkyl halides is 3. The summed E-state index contributed by atoms with van der Waals surface area (Å²) >= 11 is 0. The molecule has 0 aliphatic rings. The van der Waals surface area contributed by atoms with Crippen LogP contribution in [0.15, 0.2) is 89.0 Å². The maximum Gasteiger partial charge on any atom is 0.416 e. The molecule has 0 spiro atoms. The van der Waals surface area contributed by atoms with Crippen LogP contribution < -0.4 is 14.8 Å². The molecular formula is C36H37F3N2O6. The summed E-state index contributed by atoms with van der Waals surface area (Å²) in [5, 5.41) is 12.7. The zero-order valence-corrected chi connectivity index (χ0v) is 26.6. The quantitative estimate of drug-likeness (QED) is 0.0989. The number of oxazole rings is 1. The van der Waals surface area contributed by atoms with Crippen molar-refractivity contribution in [3.8, 4) is 23.0 Å². The molecule has 1 atom stereocenters. The fourth-order valence-corrected chi connectivity index (χ4v) is 4.69. The van der Waals surface area contributed by atoms with Crippen LogP contribution in [0.25, 0.3) is 11.5 Å². The Balaban J connectivity index is 1.31. The monoisotopic (exact) mass is 650 g/mol. The minimum Gasteiger partial charge on any atom is -0.493 e. The molecule has 0 bridgehead atoms. The van der Waals surface area contributed by atoms with Gasteiger partial charge in [-0.05, 0) is 81.3 Å². The van der Waals surface area contributed by atoms with Crippen molar-refractivity contribution in [1.29, 1.82) is 0 Å². The van der Waals surface area contributed by atoms with Crippen LogP contribution in [-0.2, 0) is 23.8 Å². The number of rotatable bonds is 15. The number of carbonyl (C=O) groups is 2. The molecule has 0 aliphatic carbocycles. The summed E-state index contributed by atoms with van der Waals surface area (Å²) in [5.74, 6) is 0.951. The van der Waals surface area contributed by atoms with Gasteiger partial charge in [0.05, 0.1) is 24.0 Å². The minimum atomic E-state index is -4.51. The van der Waals surface area contributed by atoms with Crippen molar-refractivity contribution < 1.29 is 41.8 Å². The summed E-state index contributed by atoms with van der Waals surface area (Å²) in [5.41, 5.74) is 1.91. The van der Waals surface area contributed by atoms with Crippen molar-refractivity contribution >= 4 is 11.8 Å². The SMILES string of the molecule is CC/C(=C/C(=O)c1ccc(C(F)(F)F)cc1)N[C@@H](Cc1ccc(OCCc2nc(-c3ccc(OC(C)C)cc3)oc2C)cc1)C(=O)O. The van der Waals surface area contributed by atoms with Crippen LogP contribution in [0.3, 0.4) is 0 Å². The normalized spacial score (nSPS) is 12.6. The van der Waals surface area contributed by atoms with Crippen LogP contribution in [0.4, 0.5) is 13.2 Å². The first-order chi connectivity index (χ1) is 22.3. The van der Waals surface area contributed by atoms with Crippen LogP contribution in [0.1, 0.15) is 60.1 Å². The smallest absolute Gasteiger partial charge is 0.416 e. The molecule has 3 aromatic carbocycles. The molecule has 0 radical (unpaired) electrons. The summed E-state index contributed by atoms with van der Waals surface area (Å²) < 4.78 is 56.0. The van der Waals surface area contributed by atoms with Gasteiger partial charge in [-0.15, -0.1) is 0 Å². The lowest BCUT2D eigenvalue weighted by Crippen LogP contribution is -2.38. The topological polar surface area (TPSA) is 111 Å². The molecule has 0 amide bonds. The number of aryl methyl sites for hydroxylation is 1. The van der Waals surface area contributed by atoms with Crippen LogP contribution in [0.2, 0.25) is 0 Å². The van der Waals surface area contributed by atoms with Crippen LogP contribution in [0, 0.1) is 6.92 Å². The van der Waals surface area contributed by atoms with Gasteiger partial charge in [0.1, 0.15) is 23.3 Å². The number of carbonyl (C=O) groups excluding carboxylic acids is 1. The molecule has 11 heteroatoms. The summed E-state index contributed by atoms with van der Waals surface area (Å²) in [6.07, 6.45) is -2.26. The third kappa shape index (κ3) is 9.96. The van der Waals surface area contributed by atoms with Crippen molar-refractivity contribution in [2.45, 2.75) is 65.3 Å². The molecule has 0 fully saturated rings. The van der Waals surface area contributed by atoms with Crippen molar-refractivity contribution in [2.75, 3.05) is 6.61 Å². The number of ketones is 1. The minimum absolute atomic E-state index is 0.0646. The number of carboxylic acids is 1. The number of nitrogens with one attached hydrogen (secondary N) is 1. The van der Waals surface area contributed by atoms with E-state index in [0.29, 0.717) is 42.5 Å². The molecule has 1 heterocycles. The van der Waals surface area contributed by atoms with E-state index < -0.39 is 29.5 Å². The molecule has 47 heavy (non-hydrogen) atoms. The van der Waals surface area contributed by atoms with Crippen molar-refractivity contribution in [1.82, 2.24) is 10.3 Å². The first-order valence-electron chi connectivity index (χ1n) is 15.2. The molecule has 4 aromatic rings. The summed E-state index contributed by atoms with van der Waals surface area (Å²) in [6, 6.07) is 17.4. The van der Waals surface area contributed by atoms with Gasteiger partial charge in [0, 0.05) is 35.7 Å². The first-order valence-corrected chi connectivity index (χ1v) is 15.2. The molecule has 0 aliphatic heterocycles. The van der Waals surface area contributed by atoms with Crippen molar-refractivity contribution in [3.05, 3.63) is 113 Å². The molecule has 1 aromatic heterocycles. The number of aliphatic carboxylic acids is 1. The van der Waals surface area contributed by atoms with Gasteiger partial charge in [-0.3, -0.25) is 4.79 Å². The van der Waals surface area contributed by atoms with Crippen molar-refractivity contribution in [3.63, 3.8) is 0 Å². The molecule has 4 rings (SSSR count). The van der Waals surface area contributed by atoms with E-state index >= 15 is 0 Å². The fourth-order valence-electron chi connectivity index (χ4n) is 4.69. The maximum absolute atomic E-state index is 12.8. The number of nitrogens with zero attached hydrogens (tertiary/aromatic N) is 1. The molecule has 2 N–H and O–H groups in total. The standard InChI is InChI=1S/C36H37F3N2O6/c1-5-28(21-33(42)25-8-12-27(13-9-25)36(37,38)39)40-32(35(43)44)20-24-6-14-29(15-7-24)45-19-18-31-23(4)47-34(41-31)26-10-16-30(17-11-26)46-22(2)3/h6-17,21-22,32,40H,5,18-20H2,1-4H3,(H,43,44)/b28-21-/t32-/m0/s1. The predicted octanol–water partition coefficient (Wildman–Crippen LogP) is 7.84. The van der Waals surface area contributed by atoms with Gasteiger partial charge in [0.25, 0.3) is 0 Å². The Labute approximate surface area is 271 Å². The van der Waals surface area contributed by atoms with Gasteiger partial charge in [0.2, 0.25) is 5.89 Å². The van der Waals surface area contributed by atoms with E-state index in [0.717, 1.165) is 46.8 Å². The molecule has 8 nitrogen and oxygen atoms in total. The van der Waals surface area contributed by atoms with Gasteiger partial charge in [-0.1, -0.05) is 31.2 Å². The molecule has 248 valence electrons. The zero-order valence-electron chi connectivity index (χ0n) is 26.6. The third-order valence-corrected chi connectivity index (χ3v) is 7.18. The highest BCUT2D eigenvalue weighted by atomic mass is 19.4. The van der Waals surface area contributed by atoms with Crippen LogP contribution in [-0.4, -0.2) is 40.6 Å². The number of carboxylic acid groups (broad SMARTS) is 1. The van der Waals surface area contributed by atoms with E-state index in [1.54, 1.807) is 31.2 Å². The Morgan fingerprint density at radius 1 is 0.979 bits per heavy atom. The van der Waals surface area contributed by atoms with Gasteiger partial charge in [0.15, 0.2) is 5.78 Å². The van der Waals surface area contributed by atoms with Gasteiger partial charge >= 0.3 is 12.1 Å². The largest absolute Gasteiger partial charge is 0.493 e. The van der Waals surface area contributed by atoms with E-state index in [1.807, 2.05) is 45.0 Å². The van der Waals surface area contributed by atoms with Crippen LogP contribution in [0.5, 0.6) is 11.5 Å². The van der Waals surface area contributed by atoms with E-state index in [9.17, 15) is 27.9 Å². The van der Waals surface area contributed by atoms with Gasteiger partial charge < -0.3 is 24.3 Å².